The van der Waals surface area contributed by atoms with Gasteiger partial charge in [-0.2, -0.15) is 0 Å². The number of carbonyl (C=O) groups excluding carboxylic acids is 2. The Morgan fingerprint density at radius 2 is 1.97 bits per heavy atom. The molecule has 1 saturated heterocycles. The number of ether oxygens (including phenoxy) is 2. The van der Waals surface area contributed by atoms with E-state index in [0.29, 0.717) is 46.0 Å². The second-order valence-corrected chi connectivity index (χ2v) is 8.15. The monoisotopic (exact) mass is 427 g/mol. The molecule has 4 rings (SSSR count). The summed E-state index contributed by atoms with van der Waals surface area (Å²) in [5.74, 6) is -0.491. The third-order valence-corrected chi connectivity index (χ3v) is 5.78. The Kier molecular flexibility index (Phi) is 6.93. The molecule has 1 N–H and O–H groups in total. The molecule has 9 nitrogen and oxygen atoms in total. The maximum atomic E-state index is 13.1. The second-order valence-electron chi connectivity index (χ2n) is 8.15. The number of hydrogen-bond donors (Lipinski definition) is 1. The summed E-state index contributed by atoms with van der Waals surface area (Å²) in [4.78, 5) is 27.1. The van der Waals surface area contributed by atoms with Gasteiger partial charge in [-0.3, -0.25) is 9.59 Å². The van der Waals surface area contributed by atoms with Gasteiger partial charge in [0.05, 0.1) is 38.7 Å². The van der Waals surface area contributed by atoms with E-state index in [1.807, 2.05) is 29.3 Å². The zero-order valence-corrected chi connectivity index (χ0v) is 17.8. The van der Waals surface area contributed by atoms with Crippen molar-refractivity contribution in [2.45, 2.75) is 38.5 Å². The van der Waals surface area contributed by atoms with Crippen LogP contribution in [0.15, 0.2) is 36.5 Å². The van der Waals surface area contributed by atoms with E-state index >= 15 is 0 Å². The highest BCUT2D eigenvalue weighted by Crippen LogP contribution is 2.31. The van der Waals surface area contributed by atoms with Gasteiger partial charge in [0, 0.05) is 37.9 Å². The quantitative estimate of drug-likeness (QED) is 0.728. The summed E-state index contributed by atoms with van der Waals surface area (Å²) in [5, 5.41) is 11.1. The van der Waals surface area contributed by atoms with Crippen molar-refractivity contribution in [2.75, 3.05) is 32.8 Å². The molecule has 31 heavy (non-hydrogen) atoms. The average Bonchev–Trinajstić information content (AvgIpc) is 3.41. The fraction of sp³-hybridized carbons (Fsp3) is 0.545. The van der Waals surface area contributed by atoms with E-state index in [2.05, 4.69) is 27.8 Å². The zero-order chi connectivity index (χ0) is 21.6. The molecule has 0 radical (unpaired) electrons. The molecule has 2 amide bonds. The molecule has 0 aliphatic carbocycles. The maximum absolute atomic E-state index is 13.1. The van der Waals surface area contributed by atoms with Crippen LogP contribution in [0.4, 0.5) is 0 Å². The van der Waals surface area contributed by atoms with Gasteiger partial charge in [0.2, 0.25) is 11.8 Å². The minimum Gasteiger partial charge on any atom is -0.378 e. The van der Waals surface area contributed by atoms with Crippen LogP contribution in [-0.2, 0) is 32.2 Å². The zero-order valence-electron chi connectivity index (χ0n) is 17.8. The number of aromatic nitrogens is 3. The molecular weight excluding hydrogens is 398 g/mol. The van der Waals surface area contributed by atoms with Crippen LogP contribution in [0.3, 0.4) is 0 Å². The first-order valence-electron chi connectivity index (χ1n) is 10.8. The fourth-order valence-electron chi connectivity index (χ4n) is 4.12. The van der Waals surface area contributed by atoms with Crippen molar-refractivity contribution < 1.29 is 19.1 Å². The highest BCUT2D eigenvalue weighted by Gasteiger charge is 2.38. The smallest absolute Gasteiger partial charge is 0.226 e. The van der Waals surface area contributed by atoms with E-state index < -0.39 is 5.92 Å². The summed E-state index contributed by atoms with van der Waals surface area (Å²) in [5.41, 5.74) is 1.89. The predicted octanol–water partition coefficient (Wildman–Crippen LogP) is 0.962. The molecule has 1 aromatic carbocycles. The number of hydrogen-bond acceptors (Lipinski definition) is 6. The van der Waals surface area contributed by atoms with Crippen molar-refractivity contribution in [3.8, 4) is 0 Å². The molecule has 0 unspecified atom stereocenters. The number of nitrogens with zero attached hydrogens (tertiary/aromatic N) is 4. The number of carbonyl (C=O) groups is 2. The number of fused-ring (bicyclic) bond motifs is 4. The maximum Gasteiger partial charge on any atom is 0.226 e. The molecular formula is C22H29N5O4. The second kappa shape index (κ2) is 10.0. The largest absolute Gasteiger partial charge is 0.378 e. The molecule has 3 atom stereocenters. The summed E-state index contributed by atoms with van der Waals surface area (Å²) < 4.78 is 13.5. The summed E-state index contributed by atoms with van der Waals surface area (Å²) >= 11 is 0. The number of nitrogens with one attached hydrogen (secondary N) is 1. The van der Waals surface area contributed by atoms with Crippen LogP contribution in [0.2, 0.25) is 0 Å². The molecule has 4 bridgehead atoms. The molecule has 9 heteroatoms. The fourth-order valence-corrected chi connectivity index (χ4v) is 4.12. The predicted molar refractivity (Wildman–Crippen MR) is 112 cm³/mol. The van der Waals surface area contributed by atoms with Crippen molar-refractivity contribution in [3.05, 3.63) is 47.8 Å². The van der Waals surface area contributed by atoms with Gasteiger partial charge in [-0.05, 0) is 5.56 Å². The van der Waals surface area contributed by atoms with Gasteiger partial charge in [-0.25, -0.2) is 4.68 Å². The van der Waals surface area contributed by atoms with E-state index in [1.165, 1.54) is 0 Å². The van der Waals surface area contributed by atoms with Gasteiger partial charge in [-0.15, -0.1) is 5.10 Å². The van der Waals surface area contributed by atoms with Crippen molar-refractivity contribution >= 4 is 11.8 Å². The molecule has 1 fully saturated rings. The normalized spacial score (nSPS) is 26.2. The van der Waals surface area contributed by atoms with Crippen molar-refractivity contribution in [1.82, 2.24) is 25.2 Å². The molecule has 166 valence electrons. The SMILES string of the molecule is C[C@@H]1CC(=O)NCCOCCn2cc(nn2)CO[C@@H]2CN(C[C@H]2c2ccccc2)C1=O. The Morgan fingerprint density at radius 1 is 1.13 bits per heavy atom. The molecule has 1 aromatic heterocycles. The van der Waals surface area contributed by atoms with Gasteiger partial charge in [0.15, 0.2) is 0 Å². The van der Waals surface area contributed by atoms with Gasteiger partial charge in [-0.1, -0.05) is 42.5 Å². The van der Waals surface area contributed by atoms with Crippen LogP contribution in [0.1, 0.15) is 30.5 Å². The van der Waals surface area contributed by atoms with Crippen LogP contribution in [0, 0.1) is 5.92 Å². The molecule has 2 aliphatic heterocycles. The Bertz CT molecular complexity index is 887. The Labute approximate surface area is 181 Å². The molecule has 2 aromatic rings. The van der Waals surface area contributed by atoms with Crippen LogP contribution in [-0.4, -0.2) is 70.7 Å². The first-order valence-corrected chi connectivity index (χ1v) is 10.8. The van der Waals surface area contributed by atoms with Gasteiger partial charge >= 0.3 is 0 Å². The van der Waals surface area contributed by atoms with Crippen molar-refractivity contribution in [1.29, 1.82) is 0 Å². The van der Waals surface area contributed by atoms with Crippen LogP contribution in [0.25, 0.3) is 0 Å². The van der Waals surface area contributed by atoms with E-state index in [4.69, 9.17) is 9.47 Å². The lowest BCUT2D eigenvalue weighted by Gasteiger charge is -2.20. The molecule has 0 saturated carbocycles. The number of benzene rings is 1. The van der Waals surface area contributed by atoms with Gasteiger partial charge in [0.25, 0.3) is 0 Å². The van der Waals surface area contributed by atoms with E-state index in [0.717, 1.165) is 11.3 Å². The highest BCUT2D eigenvalue weighted by atomic mass is 16.5. The Balaban J connectivity index is 1.53. The molecule has 0 spiro atoms. The van der Waals surface area contributed by atoms with Gasteiger partial charge < -0.3 is 19.7 Å². The average molecular weight is 428 g/mol. The summed E-state index contributed by atoms with van der Waals surface area (Å²) in [6, 6.07) is 10.1. The van der Waals surface area contributed by atoms with Crippen LogP contribution >= 0.6 is 0 Å². The van der Waals surface area contributed by atoms with E-state index in [-0.39, 0.29) is 30.3 Å². The minimum absolute atomic E-state index is 0.0227. The standard InChI is InChI=1S/C22H29N5O4/c1-16-11-21(28)23-7-9-30-10-8-27-12-18(24-25-27)15-31-20-14-26(22(16)29)13-19(20)17-5-3-2-4-6-17/h2-6,12,16,19-20H,7-11,13-15H2,1H3,(H,23,28)/t16-,19+,20-/m1/s1. The number of rotatable bonds is 1. The van der Waals surface area contributed by atoms with Gasteiger partial charge in [0.1, 0.15) is 5.69 Å². The van der Waals surface area contributed by atoms with Crippen LogP contribution < -0.4 is 5.32 Å². The summed E-state index contributed by atoms with van der Waals surface area (Å²) in [7, 11) is 0. The Morgan fingerprint density at radius 3 is 2.81 bits per heavy atom. The molecule has 2 aliphatic rings. The lowest BCUT2D eigenvalue weighted by molar-refractivity contribution is -0.137. The Hall–Kier alpha value is -2.78. The van der Waals surface area contributed by atoms with Crippen molar-refractivity contribution in [2.24, 2.45) is 5.92 Å². The lowest BCUT2D eigenvalue weighted by atomic mass is 9.96. The minimum atomic E-state index is -0.394. The third kappa shape index (κ3) is 5.48. The highest BCUT2D eigenvalue weighted by molar-refractivity contribution is 5.85. The molecule has 3 heterocycles. The summed E-state index contributed by atoms with van der Waals surface area (Å²) in [6.07, 6.45) is 1.86. The number of amides is 2. The van der Waals surface area contributed by atoms with Crippen LogP contribution in [0.5, 0.6) is 0 Å². The third-order valence-electron chi connectivity index (χ3n) is 5.78. The van der Waals surface area contributed by atoms with Crippen molar-refractivity contribution in [3.63, 3.8) is 0 Å². The first kappa shape index (κ1) is 21.5. The summed E-state index contributed by atoms with van der Waals surface area (Å²) in [6.45, 7) is 5.07. The lowest BCUT2D eigenvalue weighted by Crippen LogP contribution is -2.37. The van der Waals surface area contributed by atoms with E-state index in [1.54, 1.807) is 11.6 Å². The first-order chi connectivity index (χ1) is 15.1. The van der Waals surface area contributed by atoms with E-state index in [9.17, 15) is 9.59 Å². The topological polar surface area (TPSA) is 98.6 Å².